The van der Waals surface area contributed by atoms with E-state index in [2.05, 4.69) is 0 Å². The van der Waals surface area contributed by atoms with Crippen LogP contribution in [0.15, 0.2) is 54.6 Å². The minimum atomic E-state index is -1.25. The van der Waals surface area contributed by atoms with E-state index < -0.39 is 22.6 Å². The molecule has 0 N–H and O–H groups in total. The van der Waals surface area contributed by atoms with Crippen molar-refractivity contribution in [3.63, 3.8) is 0 Å². The SMILES string of the molecule is O=CC(C(=O)C(=O)Oc1ccc([N+](=O)[O-])cc1)c1ccccc1. The number of rotatable bonds is 6. The number of nitro benzene ring substituents is 1. The minimum Gasteiger partial charge on any atom is -0.421 e. The Balaban J connectivity index is 2.11. The lowest BCUT2D eigenvalue weighted by Crippen LogP contribution is -2.27. The van der Waals surface area contributed by atoms with Gasteiger partial charge in [-0.3, -0.25) is 14.9 Å². The number of benzene rings is 2. The second kappa shape index (κ2) is 7.08. The summed E-state index contributed by atoms with van der Waals surface area (Å²) in [5, 5.41) is 10.5. The Labute approximate surface area is 130 Å². The van der Waals surface area contributed by atoms with Gasteiger partial charge in [0.25, 0.3) is 11.5 Å². The fourth-order valence-electron chi connectivity index (χ4n) is 1.87. The highest BCUT2D eigenvalue weighted by Crippen LogP contribution is 2.19. The first-order valence-corrected chi connectivity index (χ1v) is 6.53. The second-order valence-corrected chi connectivity index (χ2v) is 4.53. The van der Waals surface area contributed by atoms with E-state index in [4.69, 9.17) is 4.74 Å². The predicted molar refractivity (Wildman–Crippen MR) is 79.0 cm³/mol. The van der Waals surface area contributed by atoms with Gasteiger partial charge in [0.15, 0.2) is 0 Å². The van der Waals surface area contributed by atoms with Gasteiger partial charge >= 0.3 is 5.97 Å². The maximum Gasteiger partial charge on any atom is 0.381 e. The molecule has 0 fully saturated rings. The van der Waals surface area contributed by atoms with Crippen LogP contribution in [0.3, 0.4) is 0 Å². The van der Waals surface area contributed by atoms with Crippen LogP contribution in [0.4, 0.5) is 5.69 Å². The zero-order valence-electron chi connectivity index (χ0n) is 11.7. The number of hydrogen-bond donors (Lipinski definition) is 0. The highest BCUT2D eigenvalue weighted by molar-refractivity contribution is 6.39. The summed E-state index contributed by atoms with van der Waals surface area (Å²) in [6.07, 6.45) is 0.370. The molecule has 7 heteroatoms. The van der Waals surface area contributed by atoms with Crippen molar-refractivity contribution in [2.45, 2.75) is 5.92 Å². The van der Waals surface area contributed by atoms with Crippen LogP contribution in [-0.2, 0) is 14.4 Å². The van der Waals surface area contributed by atoms with Crippen LogP contribution in [0, 0.1) is 10.1 Å². The molecule has 1 unspecified atom stereocenters. The first-order chi connectivity index (χ1) is 11.0. The summed E-state index contributed by atoms with van der Waals surface area (Å²) in [6.45, 7) is 0. The first kappa shape index (κ1) is 16.0. The molecule has 0 radical (unpaired) electrons. The number of hydrogen-bond acceptors (Lipinski definition) is 6. The van der Waals surface area contributed by atoms with Gasteiger partial charge in [-0.1, -0.05) is 30.3 Å². The van der Waals surface area contributed by atoms with Crippen LogP contribution < -0.4 is 4.74 Å². The van der Waals surface area contributed by atoms with E-state index in [1.54, 1.807) is 30.3 Å². The number of nitro groups is 1. The van der Waals surface area contributed by atoms with Gasteiger partial charge in [0.05, 0.1) is 4.92 Å². The highest BCUT2D eigenvalue weighted by atomic mass is 16.6. The normalized spacial score (nSPS) is 11.3. The maximum absolute atomic E-state index is 12.0. The Bertz CT molecular complexity index is 739. The van der Waals surface area contributed by atoms with Crippen molar-refractivity contribution in [1.29, 1.82) is 0 Å². The van der Waals surface area contributed by atoms with Gasteiger partial charge in [0, 0.05) is 12.1 Å². The monoisotopic (exact) mass is 313 g/mol. The van der Waals surface area contributed by atoms with Crippen LogP contribution in [0.5, 0.6) is 5.75 Å². The second-order valence-electron chi connectivity index (χ2n) is 4.53. The lowest BCUT2D eigenvalue weighted by molar-refractivity contribution is -0.384. The summed E-state index contributed by atoms with van der Waals surface area (Å²) in [7, 11) is 0. The molecule has 23 heavy (non-hydrogen) atoms. The molecule has 0 saturated carbocycles. The number of ether oxygens (including phenoxy) is 1. The van der Waals surface area contributed by atoms with Gasteiger partial charge < -0.3 is 9.53 Å². The quantitative estimate of drug-likeness (QED) is 0.154. The molecule has 0 spiro atoms. The lowest BCUT2D eigenvalue weighted by Gasteiger charge is -2.09. The predicted octanol–water partition coefficient (Wildman–Crippen LogP) is 2.05. The van der Waals surface area contributed by atoms with Crippen molar-refractivity contribution in [3.8, 4) is 5.75 Å². The fraction of sp³-hybridized carbons (Fsp3) is 0.0625. The van der Waals surface area contributed by atoms with Crippen molar-refractivity contribution in [1.82, 2.24) is 0 Å². The Morgan fingerprint density at radius 3 is 2.17 bits per heavy atom. The van der Waals surface area contributed by atoms with E-state index >= 15 is 0 Å². The van der Waals surface area contributed by atoms with Gasteiger partial charge in [-0.15, -0.1) is 0 Å². The largest absolute Gasteiger partial charge is 0.421 e. The number of nitrogens with zero attached hydrogens (tertiary/aromatic N) is 1. The van der Waals surface area contributed by atoms with Crippen LogP contribution in [0.2, 0.25) is 0 Å². The summed E-state index contributed by atoms with van der Waals surface area (Å²) in [4.78, 5) is 44.9. The number of carbonyl (C=O) groups is 3. The molecule has 0 aliphatic rings. The third kappa shape index (κ3) is 3.85. The maximum atomic E-state index is 12.0. The van der Waals surface area contributed by atoms with Crippen molar-refractivity contribution in [2.75, 3.05) is 0 Å². The third-order valence-electron chi connectivity index (χ3n) is 3.04. The number of esters is 1. The first-order valence-electron chi connectivity index (χ1n) is 6.53. The third-order valence-corrected chi connectivity index (χ3v) is 3.04. The molecule has 2 aromatic carbocycles. The van der Waals surface area contributed by atoms with E-state index in [1.165, 1.54) is 12.1 Å². The average Bonchev–Trinajstić information content (AvgIpc) is 2.57. The molecule has 2 rings (SSSR count). The molecule has 0 aliphatic heterocycles. The van der Waals surface area contributed by atoms with Gasteiger partial charge in [0.1, 0.15) is 18.0 Å². The Hall–Kier alpha value is -3.35. The van der Waals surface area contributed by atoms with Crippen molar-refractivity contribution in [3.05, 3.63) is 70.3 Å². The summed E-state index contributed by atoms with van der Waals surface area (Å²) in [5.41, 5.74) is 0.208. The number of aldehydes is 1. The van der Waals surface area contributed by atoms with E-state index in [0.29, 0.717) is 11.8 Å². The summed E-state index contributed by atoms with van der Waals surface area (Å²) >= 11 is 0. The van der Waals surface area contributed by atoms with E-state index in [-0.39, 0.29) is 11.4 Å². The van der Waals surface area contributed by atoms with E-state index in [9.17, 15) is 24.5 Å². The molecule has 0 heterocycles. The van der Waals surface area contributed by atoms with Gasteiger partial charge in [0.2, 0.25) is 0 Å². The summed E-state index contributed by atoms with van der Waals surface area (Å²) in [6, 6.07) is 12.8. The number of non-ortho nitro benzene ring substituents is 1. The number of Topliss-reactive ketones (excluding diaryl/α,β-unsaturated/α-hetero) is 1. The molecule has 0 amide bonds. The topological polar surface area (TPSA) is 104 Å². The Kier molecular flexibility index (Phi) is 4.93. The van der Waals surface area contributed by atoms with Gasteiger partial charge in [-0.25, -0.2) is 4.79 Å². The zero-order valence-corrected chi connectivity index (χ0v) is 11.7. The number of ketones is 1. The molecule has 7 nitrogen and oxygen atoms in total. The standard InChI is InChI=1S/C16H11NO6/c18-10-14(11-4-2-1-3-5-11)15(19)16(20)23-13-8-6-12(7-9-13)17(21)22/h1-10,14H. The molecular formula is C16H11NO6. The molecule has 1 atom stereocenters. The highest BCUT2D eigenvalue weighted by Gasteiger charge is 2.28. The fourth-order valence-corrected chi connectivity index (χ4v) is 1.87. The molecule has 2 aromatic rings. The van der Waals surface area contributed by atoms with Crippen molar-refractivity contribution < 1.29 is 24.0 Å². The molecule has 0 aromatic heterocycles. The minimum absolute atomic E-state index is 0.0216. The Morgan fingerprint density at radius 1 is 1.04 bits per heavy atom. The van der Waals surface area contributed by atoms with Crippen LogP contribution in [-0.4, -0.2) is 23.0 Å². The molecule has 0 aliphatic carbocycles. The molecule has 116 valence electrons. The van der Waals surface area contributed by atoms with Gasteiger partial charge in [-0.05, 0) is 17.7 Å². The zero-order chi connectivity index (χ0) is 16.8. The molecular weight excluding hydrogens is 302 g/mol. The van der Waals surface area contributed by atoms with E-state index in [0.717, 1.165) is 12.1 Å². The van der Waals surface area contributed by atoms with Crippen LogP contribution >= 0.6 is 0 Å². The summed E-state index contributed by atoms with van der Waals surface area (Å²) < 4.78 is 4.85. The molecule has 0 saturated heterocycles. The lowest BCUT2D eigenvalue weighted by atomic mass is 9.96. The molecule has 0 bridgehead atoms. The number of carbonyl (C=O) groups excluding carboxylic acids is 3. The summed E-state index contributed by atoms with van der Waals surface area (Å²) in [5.74, 6) is -3.49. The van der Waals surface area contributed by atoms with Crippen molar-refractivity contribution in [2.24, 2.45) is 0 Å². The van der Waals surface area contributed by atoms with Crippen LogP contribution in [0.25, 0.3) is 0 Å². The van der Waals surface area contributed by atoms with E-state index in [1.807, 2.05) is 0 Å². The average molecular weight is 313 g/mol. The van der Waals surface area contributed by atoms with Gasteiger partial charge in [-0.2, -0.15) is 0 Å². The van der Waals surface area contributed by atoms with Crippen molar-refractivity contribution >= 4 is 23.7 Å². The smallest absolute Gasteiger partial charge is 0.381 e. The Morgan fingerprint density at radius 2 is 1.65 bits per heavy atom. The van der Waals surface area contributed by atoms with Crippen LogP contribution in [0.1, 0.15) is 11.5 Å².